The van der Waals surface area contributed by atoms with E-state index in [9.17, 15) is 18.0 Å². The zero-order valence-electron chi connectivity index (χ0n) is 10.9. The van der Waals surface area contributed by atoms with Gasteiger partial charge >= 0.3 is 12.1 Å². The molecule has 4 nitrogen and oxygen atoms in total. The Morgan fingerprint density at radius 3 is 2.70 bits per heavy atom. The lowest BCUT2D eigenvalue weighted by atomic mass is 9.86. The number of carbonyl (C=O) groups is 1. The maximum absolute atomic E-state index is 13.0. The van der Waals surface area contributed by atoms with E-state index in [-0.39, 0.29) is 13.1 Å². The third kappa shape index (κ3) is 2.63. The summed E-state index contributed by atoms with van der Waals surface area (Å²) in [5.74, 6) is -1.80. The Balaban J connectivity index is 2.13. The minimum atomic E-state index is -4.74. The highest BCUT2D eigenvalue weighted by molar-refractivity contribution is 5.76. The Labute approximate surface area is 114 Å². The smallest absolute Gasteiger partial charge is 0.406 e. The van der Waals surface area contributed by atoms with Gasteiger partial charge in [-0.1, -0.05) is 6.07 Å². The Kier molecular flexibility index (Phi) is 3.73. The summed E-state index contributed by atoms with van der Waals surface area (Å²) < 4.78 is 39.1. The first-order chi connectivity index (χ1) is 9.24. The van der Waals surface area contributed by atoms with Crippen molar-refractivity contribution in [1.82, 2.24) is 9.88 Å². The number of hydrogen-bond acceptors (Lipinski definition) is 3. The van der Waals surface area contributed by atoms with Crippen LogP contribution in [-0.4, -0.2) is 40.2 Å². The van der Waals surface area contributed by atoms with Crippen LogP contribution in [0.2, 0.25) is 0 Å². The van der Waals surface area contributed by atoms with Crippen molar-refractivity contribution in [3.63, 3.8) is 0 Å². The van der Waals surface area contributed by atoms with E-state index in [4.69, 9.17) is 5.11 Å². The minimum absolute atomic E-state index is 0.0986. The molecule has 2 rings (SSSR count). The van der Waals surface area contributed by atoms with Gasteiger partial charge in [-0.05, 0) is 25.5 Å². The molecule has 1 atom stereocenters. The molecule has 1 aromatic heterocycles. The molecule has 1 N–H and O–H groups in total. The Morgan fingerprint density at radius 1 is 1.50 bits per heavy atom. The first-order valence-electron chi connectivity index (χ1n) is 6.20. The third-order valence-corrected chi connectivity index (χ3v) is 3.63. The van der Waals surface area contributed by atoms with Gasteiger partial charge < -0.3 is 5.11 Å². The van der Waals surface area contributed by atoms with Crippen molar-refractivity contribution in [2.24, 2.45) is 5.41 Å². The van der Waals surface area contributed by atoms with Crippen molar-refractivity contribution >= 4 is 5.97 Å². The minimum Gasteiger partial charge on any atom is -0.481 e. The monoisotopic (exact) mass is 288 g/mol. The van der Waals surface area contributed by atoms with Gasteiger partial charge in [0.25, 0.3) is 0 Å². The van der Waals surface area contributed by atoms with Crippen LogP contribution in [-0.2, 0) is 11.3 Å². The van der Waals surface area contributed by atoms with E-state index < -0.39 is 30.5 Å². The second kappa shape index (κ2) is 5.05. The van der Waals surface area contributed by atoms with E-state index >= 15 is 0 Å². The maximum atomic E-state index is 13.0. The topological polar surface area (TPSA) is 53.4 Å². The number of halogens is 3. The van der Waals surface area contributed by atoms with Gasteiger partial charge in [0.05, 0.1) is 5.69 Å². The van der Waals surface area contributed by atoms with Crippen LogP contribution < -0.4 is 0 Å². The molecule has 0 aromatic carbocycles. The predicted octanol–water partition coefficient (Wildman–Crippen LogP) is 2.23. The number of likely N-dealkylation sites (tertiary alicyclic amines) is 1. The van der Waals surface area contributed by atoms with Crippen LogP contribution in [0.1, 0.15) is 17.8 Å². The van der Waals surface area contributed by atoms with Crippen LogP contribution >= 0.6 is 0 Å². The molecule has 0 spiro atoms. The number of carboxylic acid groups (broad SMARTS) is 1. The van der Waals surface area contributed by atoms with Gasteiger partial charge in [-0.25, -0.2) is 0 Å². The fourth-order valence-corrected chi connectivity index (χ4v) is 2.47. The zero-order chi connectivity index (χ0) is 15.0. The molecule has 1 aliphatic heterocycles. The van der Waals surface area contributed by atoms with E-state index in [0.717, 1.165) is 5.69 Å². The molecule has 110 valence electrons. The first-order valence-corrected chi connectivity index (χ1v) is 6.20. The van der Waals surface area contributed by atoms with Crippen LogP contribution in [0.3, 0.4) is 0 Å². The third-order valence-electron chi connectivity index (χ3n) is 3.63. The molecule has 1 aliphatic rings. The molecule has 7 heteroatoms. The van der Waals surface area contributed by atoms with Gasteiger partial charge in [0.2, 0.25) is 0 Å². The summed E-state index contributed by atoms with van der Waals surface area (Å²) in [6.07, 6.45) is -5.16. The van der Waals surface area contributed by atoms with E-state index in [1.807, 2.05) is 0 Å². The fraction of sp³-hybridized carbons (Fsp3) is 0.538. The van der Waals surface area contributed by atoms with Crippen molar-refractivity contribution in [3.8, 4) is 0 Å². The number of aromatic nitrogens is 1. The largest absolute Gasteiger partial charge is 0.481 e. The SMILES string of the molecule is Cc1cccc(CN2CCC(C(=O)O)(C(F)(F)F)C2)n1. The summed E-state index contributed by atoms with van der Waals surface area (Å²) in [6, 6.07) is 5.30. The van der Waals surface area contributed by atoms with E-state index in [1.54, 1.807) is 25.1 Å². The summed E-state index contributed by atoms with van der Waals surface area (Å²) in [5.41, 5.74) is -1.23. The molecular formula is C13H15F3N2O2. The molecular weight excluding hydrogens is 273 g/mol. The number of alkyl halides is 3. The summed E-state index contributed by atoms with van der Waals surface area (Å²) in [7, 11) is 0. The lowest BCUT2D eigenvalue weighted by Gasteiger charge is -2.27. The first kappa shape index (κ1) is 14.8. The van der Waals surface area contributed by atoms with Crippen LogP contribution in [0.4, 0.5) is 13.2 Å². The number of carboxylic acids is 1. The highest BCUT2D eigenvalue weighted by Gasteiger charge is 2.63. The van der Waals surface area contributed by atoms with Gasteiger partial charge in [0, 0.05) is 25.3 Å². The lowest BCUT2D eigenvalue weighted by molar-refractivity contribution is -0.227. The van der Waals surface area contributed by atoms with Gasteiger partial charge in [-0.15, -0.1) is 0 Å². The van der Waals surface area contributed by atoms with E-state index in [1.165, 1.54) is 4.90 Å². The Hall–Kier alpha value is -1.63. The fourth-order valence-electron chi connectivity index (χ4n) is 2.47. The molecule has 1 aromatic rings. The van der Waals surface area contributed by atoms with Crippen molar-refractivity contribution in [2.75, 3.05) is 13.1 Å². The summed E-state index contributed by atoms with van der Waals surface area (Å²) in [6.45, 7) is 1.60. The van der Waals surface area contributed by atoms with Crippen LogP contribution in [0, 0.1) is 12.3 Å². The number of nitrogens with zero attached hydrogens (tertiary/aromatic N) is 2. The van der Waals surface area contributed by atoms with Crippen molar-refractivity contribution in [2.45, 2.75) is 26.1 Å². The lowest BCUT2D eigenvalue weighted by Crippen LogP contribution is -2.47. The van der Waals surface area contributed by atoms with Crippen molar-refractivity contribution in [1.29, 1.82) is 0 Å². The van der Waals surface area contributed by atoms with Gasteiger partial charge in [0.1, 0.15) is 0 Å². The van der Waals surface area contributed by atoms with Crippen LogP contribution in [0.5, 0.6) is 0 Å². The number of pyridine rings is 1. The second-order valence-electron chi connectivity index (χ2n) is 5.12. The highest BCUT2D eigenvalue weighted by atomic mass is 19.4. The number of hydrogen-bond donors (Lipinski definition) is 1. The zero-order valence-corrected chi connectivity index (χ0v) is 10.9. The summed E-state index contributed by atoms with van der Waals surface area (Å²) >= 11 is 0. The standard InChI is InChI=1S/C13H15F3N2O2/c1-9-3-2-4-10(17-9)7-18-6-5-12(8-18,11(19)20)13(14,15)16/h2-4H,5-8H2,1H3,(H,19,20). The predicted molar refractivity (Wildman–Crippen MR) is 65.0 cm³/mol. The van der Waals surface area contributed by atoms with Crippen molar-refractivity contribution < 1.29 is 23.1 Å². The van der Waals surface area contributed by atoms with Gasteiger partial charge in [0.15, 0.2) is 5.41 Å². The molecule has 20 heavy (non-hydrogen) atoms. The Morgan fingerprint density at radius 2 is 2.20 bits per heavy atom. The molecule has 0 amide bonds. The van der Waals surface area contributed by atoms with E-state index in [0.29, 0.717) is 5.69 Å². The molecule has 1 saturated heterocycles. The highest BCUT2D eigenvalue weighted by Crippen LogP contribution is 2.45. The number of aliphatic carboxylic acids is 1. The van der Waals surface area contributed by atoms with Crippen molar-refractivity contribution in [3.05, 3.63) is 29.6 Å². The average molecular weight is 288 g/mol. The Bertz CT molecular complexity index is 519. The molecule has 2 heterocycles. The van der Waals surface area contributed by atoms with Gasteiger partial charge in [-0.3, -0.25) is 14.7 Å². The molecule has 0 saturated carbocycles. The molecule has 1 fully saturated rings. The van der Waals surface area contributed by atoms with Gasteiger partial charge in [-0.2, -0.15) is 13.2 Å². The number of rotatable bonds is 3. The summed E-state index contributed by atoms with van der Waals surface area (Å²) in [5, 5.41) is 8.97. The molecule has 0 radical (unpaired) electrons. The summed E-state index contributed by atoms with van der Waals surface area (Å²) in [4.78, 5) is 16.8. The maximum Gasteiger partial charge on any atom is 0.406 e. The quantitative estimate of drug-likeness (QED) is 0.926. The van der Waals surface area contributed by atoms with E-state index in [2.05, 4.69) is 4.98 Å². The molecule has 0 aliphatic carbocycles. The normalized spacial score (nSPS) is 24.0. The van der Waals surface area contributed by atoms with Crippen LogP contribution in [0.25, 0.3) is 0 Å². The second-order valence-corrected chi connectivity index (χ2v) is 5.12. The molecule has 0 bridgehead atoms. The number of aryl methyl sites for hydroxylation is 1. The molecule has 1 unspecified atom stereocenters. The van der Waals surface area contributed by atoms with Crippen LogP contribution in [0.15, 0.2) is 18.2 Å². The average Bonchev–Trinajstić information content (AvgIpc) is 2.73.